The van der Waals surface area contributed by atoms with Crippen LogP contribution in [0.4, 0.5) is 0 Å². The van der Waals surface area contributed by atoms with Crippen LogP contribution in [0.25, 0.3) is 0 Å². The number of thioether (sulfide) groups is 1. The number of phenolic OH excluding ortho intramolecular Hbond substituents is 1. The number of hydrogen-bond acceptors (Lipinski definition) is 7. The Morgan fingerprint density at radius 1 is 1.03 bits per heavy atom. The fourth-order valence-electron chi connectivity index (χ4n) is 4.82. The number of carbonyl (C=O) groups is 1. The van der Waals surface area contributed by atoms with Crippen molar-refractivity contribution >= 4 is 17.7 Å². The topological polar surface area (TPSA) is 71.5 Å². The van der Waals surface area contributed by atoms with Crippen LogP contribution >= 0.6 is 11.8 Å². The van der Waals surface area contributed by atoms with Gasteiger partial charge >= 0.3 is 0 Å². The normalized spacial score (nSPS) is 17.5. The minimum absolute atomic E-state index is 0.0371. The van der Waals surface area contributed by atoms with Gasteiger partial charge in [-0.1, -0.05) is 41.5 Å². The van der Waals surface area contributed by atoms with Crippen molar-refractivity contribution in [2.75, 3.05) is 45.8 Å². The summed E-state index contributed by atoms with van der Waals surface area (Å²) in [7, 11) is 2.08. The van der Waals surface area contributed by atoms with Gasteiger partial charge in [-0.2, -0.15) is 0 Å². The van der Waals surface area contributed by atoms with Crippen molar-refractivity contribution in [3.63, 3.8) is 0 Å². The molecule has 1 N–H and O–H groups in total. The number of fused-ring (bicyclic) bond motifs is 1. The molecule has 1 unspecified atom stereocenters. The highest BCUT2D eigenvalue weighted by Crippen LogP contribution is 2.45. The van der Waals surface area contributed by atoms with E-state index >= 15 is 0 Å². The van der Waals surface area contributed by atoms with E-state index in [9.17, 15) is 9.90 Å². The predicted octanol–water partition coefficient (Wildman–Crippen LogP) is 5.69. The fraction of sp³-hybridized carbons (Fsp3) is 0.567. The molecule has 4 rings (SSSR count). The monoisotopic (exact) mass is 542 g/mol. The van der Waals surface area contributed by atoms with Gasteiger partial charge in [0, 0.05) is 19.2 Å². The molecule has 0 spiro atoms. The van der Waals surface area contributed by atoms with Gasteiger partial charge in [-0.25, -0.2) is 0 Å². The summed E-state index contributed by atoms with van der Waals surface area (Å²) in [4.78, 5) is 17.1. The smallest absolute Gasteiger partial charge is 0.233 e. The lowest BCUT2D eigenvalue weighted by Crippen LogP contribution is -2.33. The van der Waals surface area contributed by atoms with Crippen LogP contribution in [0.1, 0.15) is 70.0 Å². The first-order valence-electron chi connectivity index (χ1n) is 13.3. The molecule has 1 atom stereocenters. The number of rotatable bonds is 9. The lowest BCUT2D eigenvalue weighted by atomic mass is 9.78. The molecule has 1 fully saturated rings. The minimum atomic E-state index is -0.205. The summed E-state index contributed by atoms with van der Waals surface area (Å²) in [6.45, 7) is 15.9. The second kappa shape index (κ2) is 11.3. The SMILES string of the molecule is CN(CCCN1C(=O)CSC1c1cc(C(C)(C)C)c(O)c(C(C)(C)C)c1)CCOc1ccc2c(c1)OCO2. The Bertz CT molecular complexity index is 1120. The van der Waals surface area contributed by atoms with Gasteiger partial charge in [0.1, 0.15) is 23.5 Å². The molecular formula is C30H42N2O5S. The highest BCUT2D eigenvalue weighted by molar-refractivity contribution is 8.00. The molecule has 0 aliphatic carbocycles. The highest BCUT2D eigenvalue weighted by Gasteiger charge is 2.35. The number of ether oxygens (including phenoxy) is 3. The summed E-state index contributed by atoms with van der Waals surface area (Å²) in [6.07, 6.45) is 0.875. The van der Waals surface area contributed by atoms with Crippen molar-refractivity contribution in [2.45, 2.75) is 64.2 Å². The van der Waals surface area contributed by atoms with Crippen molar-refractivity contribution in [1.82, 2.24) is 9.80 Å². The molecule has 208 valence electrons. The molecule has 2 aromatic rings. The van der Waals surface area contributed by atoms with E-state index in [4.69, 9.17) is 14.2 Å². The van der Waals surface area contributed by atoms with Gasteiger partial charge in [0.15, 0.2) is 11.5 Å². The van der Waals surface area contributed by atoms with E-state index in [0.29, 0.717) is 24.7 Å². The van der Waals surface area contributed by atoms with Gasteiger partial charge in [-0.05, 0) is 71.8 Å². The van der Waals surface area contributed by atoms with Crippen molar-refractivity contribution in [2.24, 2.45) is 0 Å². The number of nitrogens with zero attached hydrogens (tertiary/aromatic N) is 2. The van der Waals surface area contributed by atoms with Crippen LogP contribution in [0, 0.1) is 0 Å². The Labute approximate surface area is 231 Å². The third-order valence-corrected chi connectivity index (χ3v) is 8.28. The van der Waals surface area contributed by atoms with Gasteiger partial charge < -0.3 is 29.1 Å². The first kappa shape index (κ1) is 28.4. The van der Waals surface area contributed by atoms with Gasteiger partial charge in [-0.15, -0.1) is 11.8 Å². The maximum atomic E-state index is 12.9. The molecular weight excluding hydrogens is 500 g/mol. The van der Waals surface area contributed by atoms with Crippen molar-refractivity contribution < 1.29 is 24.1 Å². The van der Waals surface area contributed by atoms with E-state index in [1.807, 2.05) is 23.1 Å². The van der Waals surface area contributed by atoms with E-state index in [-0.39, 0.29) is 28.9 Å². The molecule has 0 saturated carbocycles. The van der Waals surface area contributed by atoms with Gasteiger partial charge in [0.05, 0.1) is 5.75 Å². The third-order valence-electron chi connectivity index (χ3n) is 7.03. The summed E-state index contributed by atoms with van der Waals surface area (Å²) < 4.78 is 16.7. The summed E-state index contributed by atoms with van der Waals surface area (Å²) in [5.74, 6) is 3.27. The van der Waals surface area contributed by atoms with Crippen molar-refractivity contribution in [1.29, 1.82) is 0 Å². The van der Waals surface area contributed by atoms with Crippen LogP contribution < -0.4 is 14.2 Å². The standard InChI is InChI=1S/C30H42N2O5S/c1-29(2,3)22-15-20(16-23(27(22)34)30(4,5)6)28-32(26(33)18-38-28)12-8-11-31(7)13-14-35-21-9-10-24-25(17-21)37-19-36-24/h9-10,15-17,28,34H,8,11-14,18-19H2,1-7H3. The molecule has 7 nitrogen and oxygen atoms in total. The molecule has 2 heterocycles. The predicted molar refractivity (Wildman–Crippen MR) is 153 cm³/mol. The van der Waals surface area contributed by atoms with Gasteiger partial charge in [0.25, 0.3) is 0 Å². The molecule has 38 heavy (non-hydrogen) atoms. The quantitative estimate of drug-likeness (QED) is 0.436. The van der Waals surface area contributed by atoms with E-state index in [1.54, 1.807) is 11.8 Å². The molecule has 2 aliphatic rings. The Morgan fingerprint density at radius 3 is 2.34 bits per heavy atom. The van der Waals surface area contributed by atoms with Crippen LogP contribution in [-0.2, 0) is 15.6 Å². The van der Waals surface area contributed by atoms with E-state index in [0.717, 1.165) is 53.4 Å². The average Bonchev–Trinajstić information content (AvgIpc) is 3.44. The first-order valence-corrected chi connectivity index (χ1v) is 14.4. The Balaban J connectivity index is 1.35. The number of likely N-dealkylation sites (N-methyl/N-ethyl adjacent to an activating group) is 1. The summed E-state index contributed by atoms with van der Waals surface area (Å²) in [6, 6.07) is 9.83. The molecule has 1 saturated heterocycles. The van der Waals surface area contributed by atoms with E-state index in [1.165, 1.54) is 0 Å². The van der Waals surface area contributed by atoms with Crippen LogP contribution in [-0.4, -0.2) is 66.6 Å². The number of carbonyl (C=O) groups excluding carboxylic acids is 1. The zero-order valence-electron chi connectivity index (χ0n) is 23.8. The maximum Gasteiger partial charge on any atom is 0.233 e. The molecule has 8 heteroatoms. The van der Waals surface area contributed by atoms with Crippen LogP contribution in [0.2, 0.25) is 0 Å². The Hall–Kier alpha value is -2.58. The largest absolute Gasteiger partial charge is 0.507 e. The van der Waals surface area contributed by atoms with E-state index in [2.05, 4.69) is 65.6 Å². The summed E-state index contributed by atoms with van der Waals surface area (Å²) in [5.41, 5.74) is 2.55. The number of benzene rings is 2. The molecule has 1 amide bonds. The second-order valence-corrected chi connectivity index (χ2v) is 13.3. The van der Waals surface area contributed by atoms with Crippen LogP contribution in [0.5, 0.6) is 23.0 Å². The zero-order valence-corrected chi connectivity index (χ0v) is 24.6. The Morgan fingerprint density at radius 2 is 1.68 bits per heavy atom. The van der Waals surface area contributed by atoms with Crippen LogP contribution in [0.15, 0.2) is 30.3 Å². The molecule has 0 radical (unpaired) electrons. The van der Waals surface area contributed by atoms with Gasteiger partial charge in [-0.3, -0.25) is 4.79 Å². The number of aromatic hydroxyl groups is 1. The van der Waals surface area contributed by atoms with Gasteiger partial charge in [0.2, 0.25) is 12.7 Å². The van der Waals surface area contributed by atoms with Crippen molar-refractivity contribution in [3.05, 3.63) is 47.0 Å². The number of hydrogen-bond donors (Lipinski definition) is 1. The molecule has 0 bridgehead atoms. The zero-order chi connectivity index (χ0) is 27.7. The molecule has 2 aromatic carbocycles. The lowest BCUT2D eigenvalue weighted by molar-refractivity contribution is -0.128. The average molecular weight is 543 g/mol. The first-order chi connectivity index (χ1) is 17.8. The summed E-state index contributed by atoms with van der Waals surface area (Å²) >= 11 is 1.68. The van der Waals surface area contributed by atoms with Crippen molar-refractivity contribution in [3.8, 4) is 23.0 Å². The molecule has 2 aliphatic heterocycles. The highest BCUT2D eigenvalue weighted by atomic mass is 32.2. The fourth-order valence-corrected chi connectivity index (χ4v) is 6.02. The minimum Gasteiger partial charge on any atom is -0.507 e. The second-order valence-electron chi connectivity index (χ2n) is 12.2. The van der Waals surface area contributed by atoms with E-state index < -0.39 is 0 Å². The number of amides is 1. The molecule has 0 aromatic heterocycles. The third kappa shape index (κ3) is 6.52. The maximum absolute atomic E-state index is 12.9. The Kier molecular flexibility index (Phi) is 8.43. The number of phenols is 1. The summed E-state index contributed by atoms with van der Waals surface area (Å²) in [5, 5.41) is 11.1. The lowest BCUT2D eigenvalue weighted by Gasteiger charge is -2.31. The van der Waals surface area contributed by atoms with Crippen LogP contribution in [0.3, 0.4) is 0 Å².